The highest BCUT2D eigenvalue weighted by atomic mass is 16.5. The van der Waals surface area contributed by atoms with Gasteiger partial charge in [-0.3, -0.25) is 14.4 Å². The van der Waals surface area contributed by atoms with Crippen molar-refractivity contribution in [2.75, 3.05) is 13.1 Å². The van der Waals surface area contributed by atoms with Gasteiger partial charge in [0.1, 0.15) is 0 Å². The molecule has 2 aliphatic rings. The lowest BCUT2D eigenvalue weighted by atomic mass is 9.95. The lowest BCUT2D eigenvalue weighted by Crippen LogP contribution is -2.38. The van der Waals surface area contributed by atoms with E-state index in [9.17, 15) is 14.4 Å². The second-order valence-corrected chi connectivity index (χ2v) is 8.07. The lowest BCUT2D eigenvalue weighted by Gasteiger charge is -2.30. The summed E-state index contributed by atoms with van der Waals surface area (Å²) < 4.78 is 6.78. The molecule has 9 nitrogen and oxygen atoms in total. The molecule has 5 rings (SSSR count). The molecule has 3 heterocycles. The van der Waals surface area contributed by atoms with E-state index in [1.54, 1.807) is 25.1 Å². The topological polar surface area (TPSA) is 114 Å². The number of aryl methyl sites for hydroxylation is 1. The summed E-state index contributed by atoms with van der Waals surface area (Å²) in [5, 5.41) is 4.14. The Labute approximate surface area is 171 Å². The fourth-order valence-corrected chi connectivity index (χ4v) is 4.16. The number of aromatic amines is 1. The number of hydrogen-bond acceptors (Lipinski definition) is 6. The van der Waals surface area contributed by atoms with Gasteiger partial charge in [-0.15, -0.1) is 0 Å². The molecule has 0 unspecified atom stereocenters. The van der Waals surface area contributed by atoms with Crippen molar-refractivity contribution in [3.63, 3.8) is 0 Å². The quantitative estimate of drug-likeness (QED) is 0.659. The highest BCUT2D eigenvalue weighted by Crippen LogP contribution is 2.39. The maximum Gasteiger partial charge on any atom is 0.316 e. The first kappa shape index (κ1) is 18.8. The van der Waals surface area contributed by atoms with E-state index in [0.717, 1.165) is 37.4 Å². The van der Waals surface area contributed by atoms with Gasteiger partial charge in [0.05, 0.1) is 11.0 Å². The van der Waals surface area contributed by atoms with Crippen LogP contribution < -0.4 is 11.1 Å². The number of H-pyrrole nitrogens is 1. The van der Waals surface area contributed by atoms with Crippen molar-refractivity contribution < 1.29 is 9.32 Å². The maximum atomic E-state index is 13.0. The average Bonchev–Trinajstić information content (AvgIpc) is 3.50. The number of nitrogens with zero attached hydrogens (tertiary/aromatic N) is 4. The molecule has 30 heavy (non-hydrogen) atoms. The number of benzene rings is 1. The molecule has 0 spiro atoms. The number of amides is 1. The molecular formula is C21H23N5O4. The average molecular weight is 409 g/mol. The lowest BCUT2D eigenvalue weighted by molar-refractivity contribution is 0.0710. The van der Waals surface area contributed by atoms with Crippen LogP contribution in [0.1, 0.15) is 66.5 Å². The van der Waals surface area contributed by atoms with Gasteiger partial charge in [-0.1, -0.05) is 5.16 Å². The smallest absolute Gasteiger partial charge is 0.316 e. The van der Waals surface area contributed by atoms with Crippen molar-refractivity contribution in [1.82, 2.24) is 24.6 Å². The molecule has 0 bridgehead atoms. The maximum absolute atomic E-state index is 13.0. The Morgan fingerprint density at radius 3 is 2.63 bits per heavy atom. The Morgan fingerprint density at radius 1 is 1.17 bits per heavy atom. The highest BCUT2D eigenvalue weighted by Gasteiger charge is 2.32. The van der Waals surface area contributed by atoms with E-state index >= 15 is 0 Å². The standard InChI is InChI=1S/C21H23N5O4/c1-2-26-16-6-5-14(11-15(16)22-18(27)21(26)29)20(28)25-9-7-12(8-10-25)17-23-19(30-24-17)13-3-4-13/h5-6,11-13H,2-4,7-10H2,1H3,(H,22,27). The Bertz CT molecular complexity index is 1230. The van der Waals surface area contributed by atoms with E-state index in [1.807, 2.05) is 4.90 Å². The van der Waals surface area contributed by atoms with Crippen LogP contribution in [0.15, 0.2) is 32.3 Å². The van der Waals surface area contributed by atoms with Crippen molar-refractivity contribution in [2.24, 2.45) is 0 Å². The van der Waals surface area contributed by atoms with Crippen LogP contribution in [0.5, 0.6) is 0 Å². The molecule has 3 aromatic rings. The summed E-state index contributed by atoms with van der Waals surface area (Å²) in [6, 6.07) is 5.08. The molecule has 0 radical (unpaired) electrons. The summed E-state index contributed by atoms with van der Waals surface area (Å²) in [7, 11) is 0. The predicted molar refractivity (Wildman–Crippen MR) is 109 cm³/mol. The van der Waals surface area contributed by atoms with Crippen molar-refractivity contribution >= 4 is 16.9 Å². The summed E-state index contributed by atoms with van der Waals surface area (Å²) in [5.74, 6) is 2.06. The van der Waals surface area contributed by atoms with Gasteiger partial charge >= 0.3 is 11.1 Å². The number of hydrogen-bond donors (Lipinski definition) is 1. The Kier molecular flexibility index (Phi) is 4.52. The van der Waals surface area contributed by atoms with E-state index in [0.29, 0.717) is 42.1 Å². The van der Waals surface area contributed by atoms with Crippen LogP contribution in [0.4, 0.5) is 0 Å². The minimum absolute atomic E-state index is 0.0859. The van der Waals surface area contributed by atoms with Gasteiger partial charge in [-0.25, -0.2) is 0 Å². The first-order chi connectivity index (χ1) is 14.5. The number of nitrogens with one attached hydrogen (secondary N) is 1. The van der Waals surface area contributed by atoms with E-state index in [2.05, 4.69) is 15.1 Å². The van der Waals surface area contributed by atoms with Gasteiger partial charge in [0.25, 0.3) is 5.91 Å². The summed E-state index contributed by atoms with van der Waals surface area (Å²) in [5.41, 5.74) is 0.328. The van der Waals surface area contributed by atoms with Gasteiger partial charge < -0.3 is 19.0 Å². The van der Waals surface area contributed by atoms with Crippen LogP contribution in [0.3, 0.4) is 0 Å². The monoisotopic (exact) mass is 409 g/mol. The number of likely N-dealkylation sites (tertiary alicyclic amines) is 1. The summed E-state index contributed by atoms with van der Waals surface area (Å²) in [4.78, 5) is 45.9. The molecule has 2 aromatic heterocycles. The first-order valence-corrected chi connectivity index (χ1v) is 10.4. The fourth-order valence-electron chi connectivity index (χ4n) is 4.16. The minimum atomic E-state index is -0.680. The van der Waals surface area contributed by atoms with Crippen molar-refractivity contribution in [3.8, 4) is 0 Å². The Balaban J connectivity index is 1.32. The molecule has 1 N–H and O–H groups in total. The first-order valence-electron chi connectivity index (χ1n) is 10.4. The van der Waals surface area contributed by atoms with Crippen LogP contribution >= 0.6 is 0 Å². The molecule has 0 atom stereocenters. The molecule has 1 saturated carbocycles. The Morgan fingerprint density at radius 2 is 1.93 bits per heavy atom. The normalized spacial score (nSPS) is 17.6. The van der Waals surface area contributed by atoms with Crippen molar-refractivity contribution in [3.05, 3.63) is 56.2 Å². The second kappa shape index (κ2) is 7.23. The zero-order chi connectivity index (χ0) is 20.8. The third-order valence-corrected chi connectivity index (χ3v) is 6.07. The third kappa shape index (κ3) is 3.24. The number of fused-ring (bicyclic) bond motifs is 1. The number of aromatic nitrogens is 4. The predicted octanol–water partition coefficient (Wildman–Crippen LogP) is 1.99. The van der Waals surface area contributed by atoms with E-state index in [-0.39, 0.29) is 11.8 Å². The molecule has 2 fully saturated rings. The van der Waals surface area contributed by atoms with E-state index in [4.69, 9.17) is 4.52 Å². The molecule has 1 saturated heterocycles. The van der Waals surface area contributed by atoms with Crippen LogP contribution in [-0.4, -0.2) is 43.6 Å². The zero-order valence-corrected chi connectivity index (χ0v) is 16.8. The van der Waals surface area contributed by atoms with Crippen LogP contribution in [-0.2, 0) is 6.54 Å². The summed E-state index contributed by atoms with van der Waals surface area (Å²) >= 11 is 0. The molecule has 156 valence electrons. The molecular weight excluding hydrogens is 386 g/mol. The number of carbonyl (C=O) groups is 1. The number of carbonyl (C=O) groups excluding carboxylic acids is 1. The zero-order valence-electron chi connectivity index (χ0n) is 16.8. The molecule has 9 heteroatoms. The summed E-state index contributed by atoms with van der Waals surface area (Å²) in [6.07, 6.45) is 3.82. The molecule has 1 aliphatic heterocycles. The van der Waals surface area contributed by atoms with Gasteiger partial charge in [0.15, 0.2) is 5.82 Å². The highest BCUT2D eigenvalue weighted by molar-refractivity contribution is 5.97. The van der Waals surface area contributed by atoms with E-state index < -0.39 is 11.1 Å². The SMILES string of the molecule is CCn1c(=O)c(=O)[nH]c2cc(C(=O)N3CCC(c4noc(C5CC5)n4)CC3)ccc21. The van der Waals surface area contributed by atoms with Crippen molar-refractivity contribution in [1.29, 1.82) is 0 Å². The van der Waals surface area contributed by atoms with Crippen LogP contribution in [0, 0.1) is 0 Å². The van der Waals surface area contributed by atoms with Gasteiger partial charge in [-0.2, -0.15) is 4.98 Å². The Hall–Kier alpha value is -3.23. The summed E-state index contributed by atoms with van der Waals surface area (Å²) in [6.45, 7) is 3.42. The van der Waals surface area contributed by atoms with Gasteiger partial charge in [-0.05, 0) is 50.8 Å². The third-order valence-electron chi connectivity index (χ3n) is 6.07. The van der Waals surface area contributed by atoms with E-state index in [1.165, 1.54) is 4.57 Å². The molecule has 1 amide bonds. The molecule has 1 aromatic carbocycles. The second-order valence-electron chi connectivity index (χ2n) is 8.07. The minimum Gasteiger partial charge on any atom is -0.339 e. The number of piperidine rings is 1. The van der Waals surface area contributed by atoms with Crippen LogP contribution in [0.25, 0.3) is 11.0 Å². The van der Waals surface area contributed by atoms with Gasteiger partial charge in [0.2, 0.25) is 5.89 Å². The van der Waals surface area contributed by atoms with Gasteiger partial charge in [0, 0.05) is 37.0 Å². The van der Waals surface area contributed by atoms with Crippen LogP contribution in [0.2, 0.25) is 0 Å². The number of rotatable bonds is 4. The van der Waals surface area contributed by atoms with Crippen molar-refractivity contribution in [2.45, 2.75) is 51.0 Å². The largest absolute Gasteiger partial charge is 0.339 e. The fraction of sp³-hybridized carbons (Fsp3) is 0.476. The molecule has 1 aliphatic carbocycles.